The van der Waals surface area contributed by atoms with Crippen LogP contribution in [0.5, 0.6) is 0 Å². The van der Waals surface area contributed by atoms with Gasteiger partial charge in [0, 0.05) is 22.7 Å². The summed E-state index contributed by atoms with van der Waals surface area (Å²) in [7, 11) is 1.28. The van der Waals surface area contributed by atoms with E-state index in [1.54, 1.807) is 13.0 Å². The maximum Gasteiger partial charge on any atom is 0.341 e. The number of non-ortho nitro benzene ring substituents is 1. The average Bonchev–Trinajstić information content (AvgIpc) is 2.86. The molecule has 8 nitrogen and oxygen atoms in total. The van der Waals surface area contributed by atoms with Crippen molar-refractivity contribution in [2.45, 2.75) is 13.8 Å². The molecule has 9 heteroatoms. The number of esters is 1. The van der Waals surface area contributed by atoms with Gasteiger partial charge in [-0.3, -0.25) is 14.9 Å². The number of rotatable bonds is 6. The van der Waals surface area contributed by atoms with E-state index in [2.05, 4.69) is 10.6 Å². The average molecular weight is 363 g/mol. The fourth-order valence-electron chi connectivity index (χ4n) is 2.15. The molecular formula is C16H17N3O5S. The quantitative estimate of drug-likeness (QED) is 0.463. The van der Waals surface area contributed by atoms with Crippen LogP contribution in [0.3, 0.4) is 0 Å². The Hall–Kier alpha value is -2.94. The lowest BCUT2D eigenvalue weighted by Gasteiger charge is -2.08. The minimum absolute atomic E-state index is 0.0668. The highest BCUT2D eigenvalue weighted by atomic mass is 32.1. The van der Waals surface area contributed by atoms with Gasteiger partial charge in [0.1, 0.15) is 5.00 Å². The van der Waals surface area contributed by atoms with E-state index in [1.807, 2.05) is 6.92 Å². The smallest absolute Gasteiger partial charge is 0.341 e. The van der Waals surface area contributed by atoms with E-state index in [1.165, 1.54) is 36.6 Å². The molecule has 0 spiro atoms. The zero-order valence-electron chi connectivity index (χ0n) is 13.9. The first kappa shape index (κ1) is 18.4. The van der Waals surface area contributed by atoms with Crippen LogP contribution in [0.2, 0.25) is 0 Å². The number of ether oxygens (including phenoxy) is 1. The van der Waals surface area contributed by atoms with Gasteiger partial charge < -0.3 is 15.4 Å². The number of benzene rings is 1. The third-order valence-electron chi connectivity index (χ3n) is 3.54. The summed E-state index contributed by atoms with van der Waals surface area (Å²) in [5.74, 6) is -0.887. The van der Waals surface area contributed by atoms with Gasteiger partial charge in [-0.2, -0.15) is 0 Å². The highest BCUT2D eigenvalue weighted by Gasteiger charge is 2.21. The third kappa shape index (κ3) is 4.32. The summed E-state index contributed by atoms with van der Waals surface area (Å²) < 4.78 is 4.75. The first-order chi connectivity index (χ1) is 11.8. The van der Waals surface area contributed by atoms with E-state index in [4.69, 9.17) is 4.74 Å². The number of hydrogen-bond donors (Lipinski definition) is 2. The molecule has 2 rings (SSSR count). The number of carbonyl (C=O) groups is 2. The Morgan fingerprint density at radius 1 is 1.32 bits per heavy atom. The maximum absolute atomic E-state index is 12.1. The Balaban J connectivity index is 2.06. The Bertz CT molecular complexity index is 831. The van der Waals surface area contributed by atoms with Crippen molar-refractivity contribution in [1.82, 2.24) is 0 Å². The van der Waals surface area contributed by atoms with Gasteiger partial charge in [0.25, 0.3) is 5.69 Å². The van der Waals surface area contributed by atoms with Gasteiger partial charge in [-0.05, 0) is 25.5 Å². The number of nitro benzene ring substituents is 1. The SMILES string of the molecule is COC(=O)c1c(NC(=O)CNc2cccc([N+](=O)[O-])c2)sc(C)c1C. The van der Waals surface area contributed by atoms with Crippen LogP contribution in [-0.2, 0) is 9.53 Å². The fourth-order valence-corrected chi connectivity index (χ4v) is 3.21. The van der Waals surface area contributed by atoms with E-state index in [0.29, 0.717) is 16.3 Å². The molecule has 0 fully saturated rings. The molecule has 1 heterocycles. The Labute approximate surface area is 148 Å². The molecule has 0 saturated carbocycles. The van der Waals surface area contributed by atoms with Gasteiger partial charge in [-0.1, -0.05) is 6.07 Å². The topological polar surface area (TPSA) is 111 Å². The van der Waals surface area contributed by atoms with Crippen molar-refractivity contribution in [3.8, 4) is 0 Å². The minimum atomic E-state index is -0.510. The van der Waals surface area contributed by atoms with Crippen LogP contribution in [0, 0.1) is 24.0 Å². The summed E-state index contributed by atoms with van der Waals surface area (Å²) in [4.78, 5) is 35.2. The van der Waals surface area contributed by atoms with Crippen molar-refractivity contribution < 1.29 is 19.2 Å². The minimum Gasteiger partial charge on any atom is -0.465 e. The van der Waals surface area contributed by atoms with Crippen molar-refractivity contribution in [3.05, 3.63) is 50.4 Å². The summed E-state index contributed by atoms with van der Waals surface area (Å²) in [5.41, 5.74) is 1.49. The zero-order chi connectivity index (χ0) is 18.6. The largest absolute Gasteiger partial charge is 0.465 e. The number of nitrogens with one attached hydrogen (secondary N) is 2. The van der Waals surface area contributed by atoms with E-state index in [-0.39, 0.29) is 18.1 Å². The molecule has 1 aromatic heterocycles. The molecule has 1 amide bonds. The lowest BCUT2D eigenvalue weighted by Crippen LogP contribution is -2.22. The lowest BCUT2D eigenvalue weighted by molar-refractivity contribution is -0.384. The van der Waals surface area contributed by atoms with E-state index in [0.717, 1.165) is 10.4 Å². The molecule has 0 atom stereocenters. The van der Waals surface area contributed by atoms with Crippen molar-refractivity contribution in [3.63, 3.8) is 0 Å². The predicted molar refractivity (Wildman–Crippen MR) is 95.3 cm³/mol. The molecule has 0 radical (unpaired) electrons. The van der Waals surface area contributed by atoms with Crippen molar-refractivity contribution in [2.75, 3.05) is 24.3 Å². The molecule has 0 aliphatic heterocycles. The van der Waals surface area contributed by atoms with E-state index < -0.39 is 10.9 Å². The second kappa shape index (κ2) is 7.75. The number of anilines is 2. The molecule has 0 aliphatic carbocycles. The van der Waals surface area contributed by atoms with Gasteiger partial charge in [0.2, 0.25) is 5.91 Å². The van der Waals surface area contributed by atoms with Gasteiger partial charge in [-0.25, -0.2) is 4.79 Å². The number of carbonyl (C=O) groups excluding carboxylic acids is 2. The second-order valence-electron chi connectivity index (χ2n) is 5.19. The van der Waals surface area contributed by atoms with Crippen LogP contribution in [0.25, 0.3) is 0 Å². The highest BCUT2D eigenvalue weighted by Crippen LogP contribution is 2.32. The van der Waals surface area contributed by atoms with Crippen LogP contribution in [-0.4, -0.2) is 30.5 Å². The second-order valence-corrected chi connectivity index (χ2v) is 6.41. The molecule has 0 aliphatic rings. The molecule has 0 bridgehead atoms. The first-order valence-corrected chi connectivity index (χ1v) is 8.11. The van der Waals surface area contributed by atoms with Gasteiger partial charge in [0.15, 0.2) is 0 Å². The van der Waals surface area contributed by atoms with Crippen LogP contribution < -0.4 is 10.6 Å². The van der Waals surface area contributed by atoms with Crippen molar-refractivity contribution >= 4 is 39.6 Å². The monoisotopic (exact) mass is 363 g/mol. The van der Waals surface area contributed by atoms with Crippen LogP contribution in [0.15, 0.2) is 24.3 Å². The number of amides is 1. The third-order valence-corrected chi connectivity index (χ3v) is 4.66. The molecule has 0 unspecified atom stereocenters. The normalized spacial score (nSPS) is 10.2. The number of aryl methyl sites for hydroxylation is 1. The maximum atomic E-state index is 12.1. The number of nitro groups is 1. The first-order valence-electron chi connectivity index (χ1n) is 7.30. The number of methoxy groups -OCH3 is 1. The number of thiophene rings is 1. The highest BCUT2D eigenvalue weighted by molar-refractivity contribution is 7.16. The zero-order valence-corrected chi connectivity index (χ0v) is 14.7. The number of hydrogen-bond acceptors (Lipinski definition) is 7. The van der Waals surface area contributed by atoms with E-state index in [9.17, 15) is 19.7 Å². The summed E-state index contributed by atoms with van der Waals surface area (Å²) in [6.07, 6.45) is 0. The molecule has 2 N–H and O–H groups in total. The Morgan fingerprint density at radius 3 is 2.68 bits per heavy atom. The van der Waals surface area contributed by atoms with Crippen LogP contribution >= 0.6 is 11.3 Å². The van der Waals surface area contributed by atoms with Gasteiger partial charge in [-0.15, -0.1) is 11.3 Å². The summed E-state index contributed by atoms with van der Waals surface area (Å²) in [6.45, 7) is 3.54. The van der Waals surface area contributed by atoms with Gasteiger partial charge >= 0.3 is 5.97 Å². The summed E-state index contributed by atoms with van der Waals surface area (Å²) >= 11 is 1.29. The lowest BCUT2D eigenvalue weighted by atomic mass is 10.1. The van der Waals surface area contributed by atoms with Crippen LogP contribution in [0.4, 0.5) is 16.4 Å². The Kier molecular flexibility index (Phi) is 5.71. The molecule has 25 heavy (non-hydrogen) atoms. The van der Waals surface area contributed by atoms with Crippen LogP contribution in [0.1, 0.15) is 20.8 Å². The molecular weight excluding hydrogens is 346 g/mol. The van der Waals surface area contributed by atoms with E-state index >= 15 is 0 Å². The predicted octanol–water partition coefficient (Wildman–Crippen LogP) is 3.11. The van der Waals surface area contributed by atoms with Gasteiger partial charge in [0.05, 0.1) is 24.1 Å². The summed E-state index contributed by atoms with van der Waals surface area (Å²) in [5, 5.41) is 16.7. The standard InChI is InChI=1S/C16H17N3O5S/c1-9-10(2)25-15(14(9)16(21)24-3)18-13(20)8-17-11-5-4-6-12(7-11)19(22)23/h4-7,17H,8H2,1-3H3,(H,18,20). The molecule has 132 valence electrons. The molecule has 2 aromatic rings. The van der Waals surface area contributed by atoms with Crippen molar-refractivity contribution in [1.29, 1.82) is 0 Å². The number of nitrogens with zero attached hydrogens (tertiary/aromatic N) is 1. The van der Waals surface area contributed by atoms with Crippen molar-refractivity contribution in [2.24, 2.45) is 0 Å². The summed E-state index contributed by atoms with van der Waals surface area (Å²) in [6, 6.07) is 5.86. The molecule has 1 aromatic carbocycles. The Morgan fingerprint density at radius 2 is 2.04 bits per heavy atom. The molecule has 0 saturated heterocycles. The fraction of sp³-hybridized carbons (Fsp3) is 0.250.